The van der Waals surface area contributed by atoms with Gasteiger partial charge in [0.05, 0.1) is 22.3 Å². The Hall–Kier alpha value is -3.78. The maximum atomic E-state index is 13.8. The van der Waals surface area contributed by atoms with Crippen LogP contribution in [0.5, 0.6) is 0 Å². The van der Waals surface area contributed by atoms with Gasteiger partial charge in [0.25, 0.3) is 0 Å². The van der Waals surface area contributed by atoms with E-state index in [0.29, 0.717) is 23.6 Å². The zero-order chi connectivity index (χ0) is 25.4. The Morgan fingerprint density at radius 2 is 1.68 bits per heavy atom. The summed E-state index contributed by atoms with van der Waals surface area (Å²) in [6.07, 6.45) is 4.05. The number of hydrogen-bond acceptors (Lipinski definition) is 5. The average molecular weight is 527 g/mol. The quantitative estimate of drug-likeness (QED) is 0.285. The van der Waals surface area contributed by atoms with Gasteiger partial charge in [0.1, 0.15) is 5.82 Å². The van der Waals surface area contributed by atoms with Crippen molar-refractivity contribution in [3.8, 4) is 11.1 Å². The van der Waals surface area contributed by atoms with Gasteiger partial charge in [-0.3, -0.25) is 4.98 Å². The minimum Gasteiger partial charge on any atom is -0.339 e. The number of nitrogens with zero attached hydrogens (tertiary/aromatic N) is 3. The van der Waals surface area contributed by atoms with E-state index in [4.69, 9.17) is 11.6 Å². The van der Waals surface area contributed by atoms with Crippen LogP contribution in [-0.2, 0) is 23.0 Å². The molecule has 0 aliphatic carbocycles. The fourth-order valence-electron chi connectivity index (χ4n) is 4.75. The second kappa shape index (κ2) is 9.59. The lowest BCUT2D eigenvalue weighted by atomic mass is 10.0. The van der Waals surface area contributed by atoms with E-state index >= 15 is 0 Å². The molecule has 0 saturated heterocycles. The van der Waals surface area contributed by atoms with Crippen molar-refractivity contribution in [1.82, 2.24) is 14.3 Å². The fraction of sp³-hybridized carbons (Fsp3) is 0.103. The Morgan fingerprint density at radius 1 is 0.892 bits per heavy atom. The average Bonchev–Trinajstić information content (AvgIpc) is 2.93. The number of hydrogen-bond donors (Lipinski definition) is 1. The van der Waals surface area contributed by atoms with E-state index in [2.05, 4.69) is 15.3 Å². The minimum absolute atomic E-state index is 0.278. The van der Waals surface area contributed by atoms with Crippen molar-refractivity contribution >= 4 is 44.0 Å². The Balaban J connectivity index is 1.29. The highest BCUT2D eigenvalue weighted by Gasteiger charge is 2.31. The molecular formula is C29H23ClN4O2S. The number of anilines is 2. The van der Waals surface area contributed by atoms with E-state index in [0.717, 1.165) is 39.1 Å². The zero-order valence-corrected chi connectivity index (χ0v) is 21.4. The molecule has 3 aromatic carbocycles. The van der Waals surface area contributed by atoms with Gasteiger partial charge in [-0.25, -0.2) is 13.4 Å². The molecule has 0 atom stereocenters. The van der Waals surface area contributed by atoms with E-state index in [1.165, 1.54) is 0 Å². The first-order chi connectivity index (χ1) is 18.0. The molecule has 0 bridgehead atoms. The van der Waals surface area contributed by atoms with Crippen LogP contribution < -0.4 is 5.32 Å². The third kappa shape index (κ3) is 4.57. The Bertz CT molecular complexity index is 1720. The number of sulfonamides is 1. The molecule has 1 aliphatic rings. The molecule has 184 valence electrons. The number of aromatic nitrogens is 2. The van der Waals surface area contributed by atoms with E-state index in [1.54, 1.807) is 41.0 Å². The van der Waals surface area contributed by atoms with Crippen molar-refractivity contribution in [2.45, 2.75) is 17.9 Å². The predicted octanol–water partition coefficient (Wildman–Crippen LogP) is 6.44. The molecule has 0 saturated carbocycles. The summed E-state index contributed by atoms with van der Waals surface area (Å²) < 4.78 is 29.2. The van der Waals surface area contributed by atoms with Crippen LogP contribution in [0.2, 0.25) is 5.02 Å². The number of fused-ring (bicyclic) bond motifs is 2. The molecule has 5 aromatic rings. The van der Waals surface area contributed by atoms with Gasteiger partial charge in [0.15, 0.2) is 0 Å². The van der Waals surface area contributed by atoms with Gasteiger partial charge >= 0.3 is 0 Å². The second-order valence-corrected chi connectivity index (χ2v) is 11.3. The van der Waals surface area contributed by atoms with Crippen LogP contribution in [0.15, 0.2) is 102 Å². The maximum Gasteiger partial charge on any atom is 0.244 e. The lowest BCUT2D eigenvalue weighted by molar-refractivity contribution is 0.391. The van der Waals surface area contributed by atoms with Crippen LogP contribution in [-0.4, -0.2) is 29.2 Å². The van der Waals surface area contributed by atoms with Crippen LogP contribution >= 0.6 is 11.6 Å². The molecule has 3 heterocycles. The summed E-state index contributed by atoms with van der Waals surface area (Å²) >= 11 is 6.05. The van der Waals surface area contributed by atoms with Crippen LogP contribution in [0.1, 0.15) is 11.1 Å². The van der Waals surface area contributed by atoms with Crippen LogP contribution in [0.3, 0.4) is 0 Å². The van der Waals surface area contributed by atoms with E-state index in [-0.39, 0.29) is 11.4 Å². The number of halogens is 1. The molecule has 1 N–H and O–H groups in total. The van der Waals surface area contributed by atoms with Crippen molar-refractivity contribution in [2.24, 2.45) is 0 Å². The maximum absolute atomic E-state index is 13.8. The summed E-state index contributed by atoms with van der Waals surface area (Å²) in [4.78, 5) is 9.36. The summed E-state index contributed by atoms with van der Waals surface area (Å²) in [7, 11) is -3.74. The smallest absolute Gasteiger partial charge is 0.244 e. The third-order valence-corrected chi connectivity index (χ3v) is 8.78. The molecule has 8 heteroatoms. The zero-order valence-electron chi connectivity index (χ0n) is 19.8. The molecule has 6 rings (SSSR count). The first-order valence-corrected chi connectivity index (χ1v) is 13.7. The van der Waals surface area contributed by atoms with Crippen molar-refractivity contribution in [2.75, 3.05) is 11.9 Å². The Labute approximate surface area is 220 Å². The second-order valence-electron chi connectivity index (χ2n) is 8.93. The van der Waals surface area contributed by atoms with E-state index < -0.39 is 10.0 Å². The molecular weight excluding hydrogens is 504 g/mol. The molecule has 0 spiro atoms. The van der Waals surface area contributed by atoms with Crippen molar-refractivity contribution in [3.63, 3.8) is 0 Å². The van der Waals surface area contributed by atoms with Gasteiger partial charge in [-0.05, 0) is 53.9 Å². The van der Waals surface area contributed by atoms with Crippen LogP contribution in [0, 0.1) is 0 Å². The van der Waals surface area contributed by atoms with E-state index in [1.807, 2.05) is 60.7 Å². The Morgan fingerprint density at radius 3 is 2.54 bits per heavy atom. The lowest BCUT2D eigenvalue weighted by Crippen LogP contribution is -2.36. The number of rotatable bonds is 5. The van der Waals surface area contributed by atoms with Crippen molar-refractivity contribution in [3.05, 3.63) is 113 Å². The van der Waals surface area contributed by atoms with Gasteiger partial charge in [-0.2, -0.15) is 4.31 Å². The predicted molar refractivity (Wildman–Crippen MR) is 147 cm³/mol. The SMILES string of the molecule is O=S(=O)(c1ccccc1-c1ccc(Cl)cc1)N1CCc2c(ccnc2Nc2cnc3ccccc3c2)C1. The normalized spacial score (nSPS) is 13.9. The highest BCUT2D eigenvalue weighted by molar-refractivity contribution is 7.89. The summed E-state index contributed by atoms with van der Waals surface area (Å²) in [6.45, 7) is 0.639. The van der Waals surface area contributed by atoms with E-state index in [9.17, 15) is 8.42 Å². The summed E-state index contributed by atoms with van der Waals surface area (Å²) in [5.74, 6) is 0.730. The minimum atomic E-state index is -3.74. The summed E-state index contributed by atoms with van der Waals surface area (Å²) in [6, 6.07) is 26.2. The molecule has 0 radical (unpaired) electrons. The number of nitrogens with one attached hydrogen (secondary N) is 1. The molecule has 2 aromatic heterocycles. The molecule has 0 amide bonds. The number of pyridine rings is 2. The fourth-order valence-corrected chi connectivity index (χ4v) is 6.51. The van der Waals surface area contributed by atoms with Gasteiger partial charge in [-0.15, -0.1) is 0 Å². The third-order valence-electron chi connectivity index (χ3n) is 6.62. The summed E-state index contributed by atoms with van der Waals surface area (Å²) in [5.41, 5.74) is 5.19. The summed E-state index contributed by atoms with van der Waals surface area (Å²) in [5, 5.41) is 5.03. The first kappa shape index (κ1) is 23.6. The standard InChI is InChI=1S/C29H23ClN4O2S/c30-23-11-9-20(10-12-23)25-6-2-4-8-28(25)37(35,36)34-16-14-26-22(19-34)13-15-31-29(26)33-24-17-21-5-1-3-7-27(21)32-18-24/h1-13,15,17-18H,14,16,19H2,(H,31,33). The van der Waals surface area contributed by atoms with Crippen LogP contribution in [0.4, 0.5) is 11.5 Å². The first-order valence-electron chi connectivity index (χ1n) is 11.9. The van der Waals surface area contributed by atoms with Gasteiger partial charge in [0, 0.05) is 40.8 Å². The Kier molecular flexibility index (Phi) is 6.12. The molecule has 1 aliphatic heterocycles. The largest absolute Gasteiger partial charge is 0.339 e. The molecule has 0 unspecified atom stereocenters. The number of benzene rings is 3. The molecule has 0 fully saturated rings. The monoisotopic (exact) mass is 526 g/mol. The topological polar surface area (TPSA) is 75.2 Å². The van der Waals surface area contributed by atoms with Crippen molar-refractivity contribution in [1.29, 1.82) is 0 Å². The van der Waals surface area contributed by atoms with Gasteiger partial charge in [0.2, 0.25) is 10.0 Å². The number of para-hydroxylation sites is 1. The van der Waals surface area contributed by atoms with Crippen molar-refractivity contribution < 1.29 is 8.42 Å². The highest BCUT2D eigenvalue weighted by atomic mass is 35.5. The molecule has 37 heavy (non-hydrogen) atoms. The van der Waals surface area contributed by atoms with Gasteiger partial charge < -0.3 is 5.32 Å². The lowest BCUT2D eigenvalue weighted by Gasteiger charge is -2.29. The van der Waals surface area contributed by atoms with Gasteiger partial charge in [-0.1, -0.05) is 60.1 Å². The molecule has 6 nitrogen and oxygen atoms in total. The van der Waals surface area contributed by atoms with Crippen LogP contribution in [0.25, 0.3) is 22.0 Å². The highest BCUT2D eigenvalue weighted by Crippen LogP contribution is 2.34.